The first kappa shape index (κ1) is 36.1. The SMILES string of the molecule is CCCCCCCCCCC#CC#CCCCCCCCCC(=O)N[C@H]1[C@@H](OC)O[C@@H]2COC(c3ccccc3)O[C@H]2[C@@H]1O. The summed E-state index contributed by atoms with van der Waals surface area (Å²) in [5.41, 5.74) is 0.870. The van der Waals surface area contributed by atoms with E-state index in [9.17, 15) is 9.90 Å². The molecule has 2 saturated heterocycles. The van der Waals surface area contributed by atoms with Gasteiger partial charge in [0.25, 0.3) is 0 Å². The van der Waals surface area contributed by atoms with Gasteiger partial charge in [0.15, 0.2) is 12.6 Å². The third-order valence-electron chi connectivity index (χ3n) is 8.35. The van der Waals surface area contributed by atoms with Gasteiger partial charge in [-0.25, -0.2) is 0 Å². The minimum absolute atomic E-state index is 0.122. The predicted octanol–water partition coefficient (Wildman–Crippen LogP) is 6.98. The molecular formula is C37H55NO6. The molecule has 1 aromatic carbocycles. The lowest BCUT2D eigenvalue weighted by molar-refractivity contribution is -0.341. The maximum Gasteiger partial charge on any atom is 0.220 e. The van der Waals surface area contributed by atoms with Crippen molar-refractivity contribution in [2.45, 2.75) is 153 Å². The quantitative estimate of drug-likeness (QED) is 0.130. The first-order valence-electron chi connectivity index (χ1n) is 17.1. The number of fused-ring (bicyclic) bond motifs is 1. The van der Waals surface area contributed by atoms with Crippen molar-refractivity contribution in [2.75, 3.05) is 13.7 Å². The average Bonchev–Trinajstić information content (AvgIpc) is 3.05. The number of methoxy groups -OCH3 is 1. The van der Waals surface area contributed by atoms with E-state index in [4.69, 9.17) is 18.9 Å². The van der Waals surface area contributed by atoms with Crippen LogP contribution in [0.3, 0.4) is 0 Å². The maximum absolute atomic E-state index is 12.7. The fourth-order valence-corrected chi connectivity index (χ4v) is 5.75. The van der Waals surface area contributed by atoms with Crippen molar-refractivity contribution in [3.05, 3.63) is 35.9 Å². The monoisotopic (exact) mass is 609 g/mol. The Labute approximate surface area is 266 Å². The highest BCUT2D eigenvalue weighted by molar-refractivity contribution is 5.76. The Bertz CT molecular complexity index is 1040. The topological polar surface area (TPSA) is 86.3 Å². The Morgan fingerprint density at radius 2 is 1.45 bits per heavy atom. The van der Waals surface area contributed by atoms with Crippen LogP contribution in [0.2, 0.25) is 0 Å². The van der Waals surface area contributed by atoms with E-state index in [0.29, 0.717) is 6.42 Å². The molecule has 0 aliphatic carbocycles. The molecule has 1 amide bonds. The molecule has 2 aliphatic rings. The third kappa shape index (κ3) is 13.3. The van der Waals surface area contributed by atoms with Crippen molar-refractivity contribution in [1.82, 2.24) is 5.32 Å². The zero-order valence-corrected chi connectivity index (χ0v) is 27.1. The summed E-state index contributed by atoms with van der Waals surface area (Å²) < 4.78 is 23.4. The molecule has 44 heavy (non-hydrogen) atoms. The Kier molecular flexibility index (Phi) is 18.2. The molecule has 0 radical (unpaired) electrons. The van der Waals surface area contributed by atoms with E-state index in [1.807, 2.05) is 30.3 Å². The molecule has 0 spiro atoms. The normalized spacial score (nSPS) is 24.3. The summed E-state index contributed by atoms with van der Waals surface area (Å²) in [4.78, 5) is 12.7. The highest BCUT2D eigenvalue weighted by Crippen LogP contribution is 2.34. The maximum atomic E-state index is 12.7. The highest BCUT2D eigenvalue weighted by Gasteiger charge is 2.50. The molecule has 0 aromatic heterocycles. The zero-order chi connectivity index (χ0) is 31.2. The summed E-state index contributed by atoms with van der Waals surface area (Å²) in [6, 6.07) is 8.87. The molecule has 0 saturated carbocycles. The second-order valence-electron chi connectivity index (χ2n) is 12.0. The van der Waals surface area contributed by atoms with Crippen LogP contribution in [-0.4, -0.2) is 55.4 Å². The molecule has 7 heteroatoms. The number of ether oxygens (including phenoxy) is 4. The molecule has 6 atom stereocenters. The first-order chi connectivity index (χ1) is 21.6. The minimum atomic E-state index is -0.984. The van der Waals surface area contributed by atoms with Crippen LogP contribution in [0.25, 0.3) is 0 Å². The molecular weight excluding hydrogens is 554 g/mol. The van der Waals surface area contributed by atoms with Crippen molar-refractivity contribution in [2.24, 2.45) is 0 Å². The van der Waals surface area contributed by atoms with Gasteiger partial charge in [0.1, 0.15) is 24.4 Å². The Morgan fingerprint density at radius 1 is 0.864 bits per heavy atom. The summed E-state index contributed by atoms with van der Waals surface area (Å²) in [6.45, 7) is 2.52. The van der Waals surface area contributed by atoms with Gasteiger partial charge in [0.2, 0.25) is 5.91 Å². The van der Waals surface area contributed by atoms with Crippen LogP contribution >= 0.6 is 0 Å². The largest absolute Gasteiger partial charge is 0.388 e. The number of rotatable bonds is 19. The van der Waals surface area contributed by atoms with Crippen LogP contribution < -0.4 is 5.32 Å². The average molecular weight is 610 g/mol. The van der Waals surface area contributed by atoms with Crippen molar-refractivity contribution in [1.29, 1.82) is 0 Å². The molecule has 244 valence electrons. The minimum Gasteiger partial charge on any atom is -0.388 e. The molecule has 7 nitrogen and oxygen atoms in total. The van der Waals surface area contributed by atoms with Gasteiger partial charge in [-0.05, 0) is 31.1 Å². The second kappa shape index (κ2) is 22.2. The number of nitrogens with one attached hydrogen (secondary N) is 1. The van der Waals surface area contributed by atoms with Crippen LogP contribution in [-0.2, 0) is 23.7 Å². The van der Waals surface area contributed by atoms with Gasteiger partial charge in [0.05, 0.1) is 6.61 Å². The standard InChI is InChI=1S/C37H55NO6/c1-3-4-5-6-7-8-9-10-11-12-13-14-15-16-17-18-19-20-21-25-28-32(39)38-33-34(40)35-31(43-37(33)41-2)29-42-36(44-35)30-26-23-22-24-27-30/h22-24,26-27,31,33-37,40H,3-11,16-21,25,28-29H2,1-2H3,(H,38,39)/t31-,33-,34-,35-,36?,37+/m1/s1. The van der Waals surface area contributed by atoms with Gasteiger partial charge in [-0.3, -0.25) is 4.79 Å². The molecule has 0 bridgehead atoms. The number of unbranched alkanes of at least 4 members (excludes halogenated alkanes) is 14. The van der Waals surface area contributed by atoms with Gasteiger partial charge >= 0.3 is 0 Å². The summed E-state index contributed by atoms with van der Waals surface area (Å²) >= 11 is 0. The predicted molar refractivity (Wildman–Crippen MR) is 173 cm³/mol. The number of aliphatic hydroxyl groups excluding tert-OH is 1. The van der Waals surface area contributed by atoms with E-state index in [1.54, 1.807) is 0 Å². The fraction of sp³-hybridized carbons (Fsp3) is 0.703. The smallest absolute Gasteiger partial charge is 0.220 e. The molecule has 1 aromatic rings. The van der Waals surface area contributed by atoms with Crippen molar-refractivity contribution in [3.63, 3.8) is 0 Å². The van der Waals surface area contributed by atoms with E-state index in [-0.39, 0.29) is 12.5 Å². The fourth-order valence-electron chi connectivity index (χ4n) is 5.75. The second-order valence-corrected chi connectivity index (χ2v) is 12.0. The van der Waals surface area contributed by atoms with Gasteiger partial charge < -0.3 is 29.4 Å². The lowest BCUT2D eigenvalue weighted by atomic mass is 9.95. The van der Waals surface area contributed by atoms with Crippen molar-refractivity contribution in [3.8, 4) is 23.7 Å². The number of benzene rings is 1. The summed E-state index contributed by atoms with van der Waals surface area (Å²) in [6.07, 6.45) is 15.7. The number of aliphatic hydroxyl groups is 1. The number of carbonyl (C=O) groups is 1. The Hall–Kier alpha value is -2.39. The molecule has 1 unspecified atom stereocenters. The van der Waals surface area contributed by atoms with E-state index in [1.165, 1.54) is 58.5 Å². The van der Waals surface area contributed by atoms with E-state index >= 15 is 0 Å². The van der Waals surface area contributed by atoms with Crippen LogP contribution in [0.15, 0.2) is 30.3 Å². The molecule has 2 N–H and O–H groups in total. The third-order valence-corrected chi connectivity index (χ3v) is 8.35. The summed E-state index contributed by atoms with van der Waals surface area (Å²) in [7, 11) is 1.51. The molecule has 2 fully saturated rings. The zero-order valence-electron chi connectivity index (χ0n) is 27.1. The van der Waals surface area contributed by atoms with E-state index in [0.717, 1.165) is 56.9 Å². The van der Waals surface area contributed by atoms with Crippen LogP contribution in [0.4, 0.5) is 0 Å². The lowest BCUT2D eigenvalue weighted by Gasteiger charge is -2.47. The van der Waals surface area contributed by atoms with Gasteiger partial charge in [-0.2, -0.15) is 0 Å². The van der Waals surface area contributed by atoms with Crippen LogP contribution in [0, 0.1) is 23.7 Å². The van der Waals surface area contributed by atoms with Crippen molar-refractivity contribution < 1.29 is 28.8 Å². The van der Waals surface area contributed by atoms with E-state index in [2.05, 4.69) is 35.9 Å². The number of hydrogen-bond acceptors (Lipinski definition) is 6. The number of hydrogen-bond donors (Lipinski definition) is 2. The number of amides is 1. The van der Waals surface area contributed by atoms with E-state index < -0.39 is 36.9 Å². The van der Waals surface area contributed by atoms with Gasteiger partial charge in [-0.1, -0.05) is 120 Å². The Morgan fingerprint density at radius 3 is 2.07 bits per heavy atom. The first-order valence-corrected chi connectivity index (χ1v) is 17.1. The highest BCUT2D eigenvalue weighted by atomic mass is 16.7. The van der Waals surface area contributed by atoms with Gasteiger partial charge in [-0.15, -0.1) is 0 Å². The molecule has 2 heterocycles. The summed E-state index contributed by atoms with van der Waals surface area (Å²) in [5, 5.41) is 14.1. The lowest BCUT2D eigenvalue weighted by Crippen LogP contribution is -2.66. The van der Waals surface area contributed by atoms with Crippen LogP contribution in [0.5, 0.6) is 0 Å². The Balaban J connectivity index is 1.21. The summed E-state index contributed by atoms with van der Waals surface area (Å²) in [5.74, 6) is 12.2. The van der Waals surface area contributed by atoms with Crippen molar-refractivity contribution >= 4 is 5.91 Å². The van der Waals surface area contributed by atoms with Gasteiger partial charge in [0, 0.05) is 31.9 Å². The molecule has 2 aliphatic heterocycles. The van der Waals surface area contributed by atoms with Crippen LogP contribution in [0.1, 0.15) is 128 Å². The number of carbonyl (C=O) groups excluding carboxylic acids is 1. The molecule has 3 rings (SSSR count).